The molecule has 1 N–H and O–H groups in total. The van der Waals surface area contributed by atoms with Gasteiger partial charge < -0.3 is 23.9 Å². The number of aldehydes is 1. The third-order valence-electron chi connectivity index (χ3n) is 6.80. The molecule has 0 bridgehead atoms. The van der Waals surface area contributed by atoms with Gasteiger partial charge in [-0.25, -0.2) is 0 Å². The van der Waals surface area contributed by atoms with Crippen LogP contribution < -0.4 is 19.4 Å². The molecule has 0 radical (unpaired) electrons. The Labute approximate surface area is 233 Å². The number of hydrogen-bond donors (Lipinski definition) is 1. The fraction of sp³-hybridized carbons (Fsp3) is 0.552. The van der Waals surface area contributed by atoms with Crippen molar-refractivity contribution in [3.63, 3.8) is 0 Å². The van der Waals surface area contributed by atoms with E-state index in [1.807, 2.05) is 58.0 Å². The summed E-state index contributed by atoms with van der Waals surface area (Å²) >= 11 is 0. The normalized spacial score (nSPS) is 12.3. The van der Waals surface area contributed by atoms with Gasteiger partial charge >= 0.3 is 0 Å². The number of para-hydroxylation sites is 3. The van der Waals surface area contributed by atoms with Crippen LogP contribution in [0.2, 0.25) is 0 Å². The highest BCUT2D eigenvalue weighted by Gasteiger charge is 2.16. The quantitative estimate of drug-likeness (QED) is 0.125. The predicted octanol–water partition coefficient (Wildman–Crippen LogP) is 3.83. The van der Waals surface area contributed by atoms with Crippen LogP contribution in [0.5, 0.6) is 5.75 Å². The second-order valence-electron chi connectivity index (χ2n) is 10.4. The van der Waals surface area contributed by atoms with E-state index < -0.39 is 0 Å². The first kappa shape index (κ1) is 31.3. The zero-order chi connectivity index (χ0) is 27.1. The van der Waals surface area contributed by atoms with Crippen LogP contribution in [0.25, 0.3) is 0 Å². The van der Waals surface area contributed by atoms with E-state index in [0.29, 0.717) is 0 Å². The molecule has 0 aliphatic rings. The van der Waals surface area contributed by atoms with Gasteiger partial charge in [0.15, 0.2) is 6.29 Å². The van der Waals surface area contributed by atoms with Crippen molar-refractivity contribution in [2.24, 2.45) is 0 Å². The smallest absolute Gasteiger partial charge is 0.152 e. The summed E-state index contributed by atoms with van der Waals surface area (Å²) in [5, 5.41) is 0. The number of methoxy groups -OCH3 is 1. The maximum Gasteiger partial charge on any atom is 0.152 e. The van der Waals surface area contributed by atoms with Crippen LogP contribution in [0.1, 0.15) is 23.2 Å². The van der Waals surface area contributed by atoms with Crippen molar-refractivity contribution in [3.8, 4) is 5.75 Å². The van der Waals surface area contributed by atoms with Crippen molar-refractivity contribution in [2.75, 3.05) is 103 Å². The topological polar surface area (TPSA) is 37.2 Å². The van der Waals surface area contributed by atoms with E-state index in [1.165, 1.54) is 31.1 Å². The Kier molecular flexibility index (Phi) is 14.3. The number of nitrogens with zero attached hydrogens (tertiary/aromatic N) is 3. The molecule has 0 saturated carbocycles. The van der Waals surface area contributed by atoms with Gasteiger partial charge in [-0.1, -0.05) is 45.9 Å². The molecule has 0 spiro atoms. The average Bonchev–Trinajstić information content (AvgIpc) is 2.90. The highest BCUT2D eigenvalue weighted by atomic mass is 33.1. The Morgan fingerprint density at radius 1 is 0.865 bits per heavy atom. The molecule has 0 aromatic heterocycles. The largest absolute Gasteiger partial charge is 0.495 e. The molecule has 0 fully saturated rings. The molecule has 6 nitrogen and oxygen atoms in total. The van der Waals surface area contributed by atoms with Crippen LogP contribution in [-0.2, 0) is 0 Å². The maximum absolute atomic E-state index is 11.3. The van der Waals surface area contributed by atoms with Crippen molar-refractivity contribution >= 4 is 39.2 Å². The van der Waals surface area contributed by atoms with Gasteiger partial charge in [0.25, 0.3) is 0 Å². The number of nitrogens with one attached hydrogen (secondary N) is 1. The minimum absolute atomic E-state index is 0.765. The summed E-state index contributed by atoms with van der Waals surface area (Å²) in [7, 11) is 16.9. The summed E-state index contributed by atoms with van der Waals surface area (Å²) in [5.41, 5.74) is 2.94. The number of ether oxygens (including phenoxy) is 1. The van der Waals surface area contributed by atoms with Gasteiger partial charge in [0.2, 0.25) is 0 Å². The molecular weight excluding hydrogens is 500 g/mol. The Balaban J connectivity index is 1.53. The second-order valence-corrected chi connectivity index (χ2v) is 13.1. The van der Waals surface area contributed by atoms with Crippen LogP contribution in [0.3, 0.4) is 0 Å². The molecule has 0 amide bonds. The van der Waals surface area contributed by atoms with Crippen LogP contribution >= 0.6 is 21.6 Å². The van der Waals surface area contributed by atoms with Gasteiger partial charge in [0.05, 0.1) is 71.6 Å². The molecule has 206 valence electrons. The van der Waals surface area contributed by atoms with Crippen LogP contribution in [-0.4, -0.2) is 104 Å². The Morgan fingerprint density at radius 2 is 1.49 bits per heavy atom. The summed E-state index contributed by atoms with van der Waals surface area (Å²) < 4.78 is 6.56. The minimum atomic E-state index is 0.765. The van der Waals surface area contributed by atoms with Crippen LogP contribution in [0.4, 0.5) is 11.4 Å². The van der Waals surface area contributed by atoms with E-state index in [-0.39, 0.29) is 0 Å². The van der Waals surface area contributed by atoms with Gasteiger partial charge in [-0.05, 0) is 24.3 Å². The molecule has 2 rings (SSSR count). The monoisotopic (exact) mass is 548 g/mol. The lowest BCUT2D eigenvalue weighted by atomic mass is 10.2. The summed E-state index contributed by atoms with van der Waals surface area (Å²) in [6.07, 6.45) is 3.22. The zero-order valence-corrected chi connectivity index (χ0v) is 25.4. The van der Waals surface area contributed by atoms with Gasteiger partial charge in [0.1, 0.15) is 5.75 Å². The first-order valence-electron chi connectivity index (χ1n) is 13.2. The molecule has 1 atom stereocenters. The van der Waals surface area contributed by atoms with Crippen molar-refractivity contribution in [1.82, 2.24) is 0 Å². The molecule has 1 unspecified atom stereocenters. The van der Waals surface area contributed by atoms with Crippen molar-refractivity contribution in [2.45, 2.75) is 12.8 Å². The average molecular weight is 549 g/mol. The van der Waals surface area contributed by atoms with E-state index in [1.54, 1.807) is 12.0 Å². The summed E-state index contributed by atoms with van der Waals surface area (Å²) in [5.74, 6) is 3.30. The Morgan fingerprint density at radius 3 is 2.22 bits per heavy atom. The summed E-state index contributed by atoms with van der Waals surface area (Å²) in [4.78, 5) is 17.3. The number of quaternary nitrogens is 2. The van der Waals surface area contributed by atoms with E-state index in [0.717, 1.165) is 65.9 Å². The highest BCUT2D eigenvalue weighted by Crippen LogP contribution is 2.26. The summed E-state index contributed by atoms with van der Waals surface area (Å²) in [6, 6.07) is 16.0. The lowest BCUT2D eigenvalue weighted by Crippen LogP contribution is -3.09. The number of benzene rings is 2. The molecule has 37 heavy (non-hydrogen) atoms. The van der Waals surface area contributed by atoms with E-state index in [2.05, 4.69) is 57.2 Å². The van der Waals surface area contributed by atoms with E-state index in [4.69, 9.17) is 4.74 Å². The Hall–Kier alpha value is -1.87. The van der Waals surface area contributed by atoms with Gasteiger partial charge in [-0.15, -0.1) is 0 Å². The van der Waals surface area contributed by atoms with E-state index in [9.17, 15) is 4.79 Å². The molecule has 0 heterocycles. The number of carbonyl (C=O) groups is 1. The molecule has 0 saturated heterocycles. The summed E-state index contributed by atoms with van der Waals surface area (Å²) in [6.45, 7) is 6.67. The zero-order valence-electron chi connectivity index (χ0n) is 23.7. The first-order chi connectivity index (χ1) is 17.8. The van der Waals surface area contributed by atoms with E-state index >= 15 is 0 Å². The molecule has 0 aliphatic heterocycles. The molecule has 0 aliphatic carbocycles. The number of hydrogen-bond acceptors (Lipinski definition) is 6. The minimum Gasteiger partial charge on any atom is -0.495 e. The molecule has 2 aromatic rings. The molecule has 2 aromatic carbocycles. The van der Waals surface area contributed by atoms with Crippen molar-refractivity contribution in [1.29, 1.82) is 0 Å². The lowest BCUT2D eigenvalue weighted by Gasteiger charge is -2.31. The number of rotatable bonds is 19. The third kappa shape index (κ3) is 11.6. The first-order valence-corrected chi connectivity index (χ1v) is 15.7. The maximum atomic E-state index is 11.3. The Bertz CT molecular complexity index is 928. The number of carbonyl (C=O) groups excluding carboxylic acids is 1. The van der Waals surface area contributed by atoms with Crippen LogP contribution in [0.15, 0.2) is 48.5 Å². The predicted molar refractivity (Wildman–Crippen MR) is 164 cm³/mol. The van der Waals surface area contributed by atoms with Crippen LogP contribution in [0, 0.1) is 0 Å². The van der Waals surface area contributed by atoms with Gasteiger partial charge in [0, 0.05) is 51.3 Å². The molecular formula is C29H48N4O2S2+2. The number of anilines is 2. The fourth-order valence-corrected chi connectivity index (χ4v) is 6.75. The van der Waals surface area contributed by atoms with Crippen molar-refractivity contribution in [3.05, 3.63) is 54.1 Å². The van der Waals surface area contributed by atoms with Gasteiger partial charge in [-0.2, -0.15) is 0 Å². The SMILES string of the molecule is COc1ccccc1N(C)CCC[N+](C)(C)CCSSCC[NH+](C)CCCN(C)c1ccccc1C=O. The third-order valence-corrected chi connectivity index (χ3v) is 9.19. The fourth-order valence-electron chi connectivity index (χ4n) is 4.33. The standard InChI is InChI=1S/C29H47N4O2S2/c1-30(17-11-18-31(2)27-14-8-7-13-26(27)25-34)20-23-36-37-24-22-33(4,5)21-12-19-32(3)28-15-9-10-16-29(28)35-6/h7-10,13-16,25H,11-12,17-24H2,1-6H3/q+1/p+1. The highest BCUT2D eigenvalue weighted by molar-refractivity contribution is 8.76. The van der Waals surface area contributed by atoms with Gasteiger partial charge in [-0.3, -0.25) is 4.79 Å². The lowest BCUT2D eigenvalue weighted by molar-refractivity contribution is -0.887. The molecule has 8 heteroatoms. The van der Waals surface area contributed by atoms with Crippen molar-refractivity contribution < 1.29 is 18.9 Å². The second kappa shape index (κ2) is 16.9.